The SMILES string of the molecule is CCOC(=O)c1cc(CC)cc(I)c1C#N. The third kappa shape index (κ3) is 2.73. The third-order valence-electron chi connectivity index (χ3n) is 2.17. The lowest BCUT2D eigenvalue weighted by atomic mass is 10.0. The minimum absolute atomic E-state index is 0.316. The summed E-state index contributed by atoms with van der Waals surface area (Å²) < 4.78 is 5.73. The van der Waals surface area contributed by atoms with Crippen LogP contribution in [0.5, 0.6) is 0 Å². The zero-order chi connectivity index (χ0) is 12.1. The van der Waals surface area contributed by atoms with Gasteiger partial charge < -0.3 is 4.74 Å². The van der Waals surface area contributed by atoms with Gasteiger partial charge in [0, 0.05) is 3.57 Å². The fourth-order valence-corrected chi connectivity index (χ4v) is 2.16. The van der Waals surface area contributed by atoms with Crippen molar-refractivity contribution in [3.63, 3.8) is 0 Å². The number of halogens is 1. The number of carbonyl (C=O) groups excluding carboxylic acids is 1. The standard InChI is InChI=1S/C12H12INO2/c1-3-8-5-9(12(15)16-4-2)10(7-14)11(13)6-8/h5-6H,3-4H2,1-2H3. The van der Waals surface area contributed by atoms with Gasteiger partial charge in [0.25, 0.3) is 0 Å². The summed E-state index contributed by atoms with van der Waals surface area (Å²) in [6, 6.07) is 5.70. The first-order valence-corrected chi connectivity index (χ1v) is 6.11. The molecule has 1 rings (SSSR count). The molecule has 1 aromatic rings. The summed E-state index contributed by atoms with van der Waals surface area (Å²) in [5.74, 6) is -0.424. The summed E-state index contributed by atoms with van der Waals surface area (Å²) in [5, 5.41) is 9.02. The van der Waals surface area contributed by atoms with Crippen LogP contribution in [0.2, 0.25) is 0 Å². The number of nitrogens with zero attached hydrogens (tertiary/aromatic N) is 1. The molecule has 0 atom stereocenters. The van der Waals surface area contributed by atoms with Gasteiger partial charge in [0.2, 0.25) is 0 Å². The van der Waals surface area contributed by atoms with Crippen molar-refractivity contribution >= 4 is 28.6 Å². The number of aryl methyl sites for hydroxylation is 1. The van der Waals surface area contributed by atoms with E-state index in [0.29, 0.717) is 17.7 Å². The van der Waals surface area contributed by atoms with Crippen LogP contribution in [-0.2, 0) is 11.2 Å². The van der Waals surface area contributed by atoms with Gasteiger partial charge in [-0.05, 0) is 53.6 Å². The van der Waals surface area contributed by atoms with Crippen molar-refractivity contribution < 1.29 is 9.53 Å². The summed E-state index contributed by atoms with van der Waals surface area (Å²) in [6.07, 6.45) is 0.827. The van der Waals surface area contributed by atoms with Gasteiger partial charge in [0.15, 0.2) is 0 Å². The van der Waals surface area contributed by atoms with E-state index in [1.807, 2.05) is 19.1 Å². The molecule has 0 radical (unpaired) electrons. The van der Waals surface area contributed by atoms with Crippen LogP contribution in [0.15, 0.2) is 12.1 Å². The van der Waals surface area contributed by atoms with E-state index in [0.717, 1.165) is 15.6 Å². The molecule has 0 N–H and O–H groups in total. The fraction of sp³-hybridized carbons (Fsp3) is 0.333. The molecule has 0 aromatic heterocycles. The van der Waals surface area contributed by atoms with E-state index < -0.39 is 5.97 Å². The first-order chi connectivity index (χ1) is 7.63. The van der Waals surface area contributed by atoms with Crippen molar-refractivity contribution in [2.24, 2.45) is 0 Å². The Bertz CT molecular complexity index is 449. The van der Waals surface area contributed by atoms with Crippen LogP contribution in [0.3, 0.4) is 0 Å². The smallest absolute Gasteiger partial charge is 0.339 e. The fourth-order valence-electron chi connectivity index (χ4n) is 1.35. The first kappa shape index (κ1) is 13.0. The second kappa shape index (κ2) is 5.85. The van der Waals surface area contributed by atoms with E-state index in [-0.39, 0.29) is 0 Å². The molecule has 0 aliphatic rings. The average molecular weight is 329 g/mol. The van der Waals surface area contributed by atoms with Crippen molar-refractivity contribution in [1.82, 2.24) is 0 Å². The van der Waals surface area contributed by atoms with Gasteiger partial charge in [-0.1, -0.05) is 6.92 Å². The molecule has 0 spiro atoms. The quantitative estimate of drug-likeness (QED) is 0.633. The number of rotatable bonds is 3. The van der Waals surface area contributed by atoms with Crippen molar-refractivity contribution in [3.8, 4) is 6.07 Å². The Kier molecular flexibility index (Phi) is 4.74. The maximum atomic E-state index is 11.7. The summed E-state index contributed by atoms with van der Waals surface area (Å²) in [6.45, 7) is 4.07. The molecule has 84 valence electrons. The number of ether oxygens (including phenoxy) is 1. The minimum Gasteiger partial charge on any atom is -0.462 e. The van der Waals surface area contributed by atoms with Gasteiger partial charge in [-0.2, -0.15) is 5.26 Å². The van der Waals surface area contributed by atoms with E-state index in [9.17, 15) is 4.79 Å². The molecule has 0 fully saturated rings. The van der Waals surface area contributed by atoms with E-state index in [1.54, 1.807) is 13.0 Å². The van der Waals surface area contributed by atoms with E-state index in [2.05, 4.69) is 22.6 Å². The van der Waals surface area contributed by atoms with Gasteiger partial charge in [-0.15, -0.1) is 0 Å². The maximum Gasteiger partial charge on any atom is 0.339 e. The Morgan fingerprint density at radius 2 is 2.19 bits per heavy atom. The second-order valence-electron chi connectivity index (χ2n) is 3.19. The van der Waals surface area contributed by atoms with Crippen LogP contribution in [-0.4, -0.2) is 12.6 Å². The Labute approximate surface area is 109 Å². The lowest BCUT2D eigenvalue weighted by Crippen LogP contribution is -2.09. The first-order valence-electron chi connectivity index (χ1n) is 5.03. The van der Waals surface area contributed by atoms with Crippen LogP contribution < -0.4 is 0 Å². The van der Waals surface area contributed by atoms with Gasteiger partial charge in [-0.25, -0.2) is 4.79 Å². The zero-order valence-corrected chi connectivity index (χ0v) is 11.4. The highest BCUT2D eigenvalue weighted by atomic mass is 127. The molecule has 0 aliphatic heterocycles. The Morgan fingerprint density at radius 1 is 1.50 bits per heavy atom. The normalized spacial score (nSPS) is 9.62. The summed E-state index contributed by atoms with van der Waals surface area (Å²) in [4.78, 5) is 11.7. The summed E-state index contributed by atoms with van der Waals surface area (Å²) in [7, 11) is 0. The molecule has 0 aliphatic carbocycles. The highest BCUT2D eigenvalue weighted by Crippen LogP contribution is 2.20. The van der Waals surface area contributed by atoms with Crippen molar-refractivity contribution in [3.05, 3.63) is 32.4 Å². The molecule has 0 bridgehead atoms. The van der Waals surface area contributed by atoms with Gasteiger partial charge >= 0.3 is 5.97 Å². The van der Waals surface area contributed by atoms with Crippen molar-refractivity contribution in [2.75, 3.05) is 6.61 Å². The van der Waals surface area contributed by atoms with E-state index in [4.69, 9.17) is 10.00 Å². The van der Waals surface area contributed by atoms with Gasteiger partial charge in [0.1, 0.15) is 6.07 Å². The second-order valence-corrected chi connectivity index (χ2v) is 4.35. The number of esters is 1. The van der Waals surface area contributed by atoms with Crippen LogP contribution in [0.25, 0.3) is 0 Å². The Balaban J connectivity index is 3.29. The number of hydrogen-bond acceptors (Lipinski definition) is 3. The number of benzene rings is 1. The Hall–Kier alpha value is -1.09. The monoisotopic (exact) mass is 329 g/mol. The number of nitriles is 1. The van der Waals surface area contributed by atoms with Crippen molar-refractivity contribution in [1.29, 1.82) is 5.26 Å². The molecule has 0 amide bonds. The van der Waals surface area contributed by atoms with Crippen LogP contribution >= 0.6 is 22.6 Å². The lowest BCUT2D eigenvalue weighted by molar-refractivity contribution is 0.0526. The molecule has 0 saturated carbocycles. The van der Waals surface area contributed by atoms with Gasteiger partial charge in [0.05, 0.1) is 17.7 Å². The average Bonchev–Trinajstić information content (AvgIpc) is 2.28. The highest BCUT2D eigenvalue weighted by Gasteiger charge is 2.16. The lowest BCUT2D eigenvalue weighted by Gasteiger charge is -2.07. The maximum absolute atomic E-state index is 11.7. The molecule has 0 saturated heterocycles. The number of carbonyl (C=O) groups is 1. The van der Waals surface area contributed by atoms with Crippen LogP contribution in [0, 0.1) is 14.9 Å². The molecule has 3 nitrogen and oxygen atoms in total. The summed E-state index contributed by atoms with van der Waals surface area (Å²) >= 11 is 2.07. The Morgan fingerprint density at radius 3 is 2.69 bits per heavy atom. The molecular formula is C12H12INO2. The third-order valence-corrected chi connectivity index (χ3v) is 3.02. The molecule has 1 aromatic carbocycles. The highest BCUT2D eigenvalue weighted by molar-refractivity contribution is 14.1. The van der Waals surface area contributed by atoms with Crippen molar-refractivity contribution in [2.45, 2.75) is 20.3 Å². The zero-order valence-electron chi connectivity index (χ0n) is 9.21. The van der Waals surface area contributed by atoms with Gasteiger partial charge in [-0.3, -0.25) is 0 Å². The number of hydrogen-bond donors (Lipinski definition) is 0. The topological polar surface area (TPSA) is 50.1 Å². The van der Waals surface area contributed by atoms with E-state index in [1.165, 1.54) is 0 Å². The molecule has 16 heavy (non-hydrogen) atoms. The molecule has 0 heterocycles. The largest absolute Gasteiger partial charge is 0.462 e. The van der Waals surface area contributed by atoms with Crippen LogP contribution in [0.1, 0.15) is 35.3 Å². The summed E-state index contributed by atoms with van der Waals surface area (Å²) in [5.41, 5.74) is 1.80. The molecule has 0 unspecified atom stereocenters. The van der Waals surface area contributed by atoms with Crippen LogP contribution in [0.4, 0.5) is 0 Å². The molecular weight excluding hydrogens is 317 g/mol. The predicted octanol–water partition coefficient (Wildman–Crippen LogP) is 2.90. The van der Waals surface area contributed by atoms with E-state index >= 15 is 0 Å². The predicted molar refractivity (Wildman–Crippen MR) is 69.2 cm³/mol. The molecule has 4 heteroatoms. The minimum atomic E-state index is -0.424.